The van der Waals surface area contributed by atoms with Crippen LogP contribution >= 0.6 is 15.9 Å². The molecule has 0 unspecified atom stereocenters. The molecular weight excluding hydrogens is 323 g/mol. The van der Waals surface area contributed by atoms with Crippen molar-refractivity contribution in [3.63, 3.8) is 0 Å². The highest BCUT2D eigenvalue weighted by atomic mass is 79.9. The zero-order valence-electron chi connectivity index (χ0n) is 8.53. The van der Waals surface area contributed by atoms with E-state index in [1.165, 1.54) is 0 Å². The summed E-state index contributed by atoms with van der Waals surface area (Å²) in [5.41, 5.74) is -0.993. The number of nitrogens with zero attached hydrogens (tertiary/aromatic N) is 1. The number of benzene rings is 1. The third kappa shape index (κ3) is 3.69. The van der Waals surface area contributed by atoms with Crippen LogP contribution in [0.4, 0.5) is 18.9 Å². The molecule has 0 amide bonds. The lowest BCUT2D eigenvalue weighted by Crippen LogP contribution is -2.19. The molecule has 98 valence electrons. The van der Waals surface area contributed by atoms with Gasteiger partial charge in [-0.2, -0.15) is 0 Å². The molecule has 0 atom stereocenters. The second-order valence-electron chi connectivity index (χ2n) is 3.04. The highest BCUT2D eigenvalue weighted by molar-refractivity contribution is 9.09. The Balaban J connectivity index is 3.25. The summed E-state index contributed by atoms with van der Waals surface area (Å²) in [6, 6.07) is 2.30. The van der Waals surface area contributed by atoms with E-state index >= 15 is 0 Å². The minimum absolute atomic E-state index is 0.275. The van der Waals surface area contributed by atoms with Gasteiger partial charge in [0.25, 0.3) is 5.69 Å². The lowest BCUT2D eigenvalue weighted by atomic mass is 10.1. The Morgan fingerprint density at radius 3 is 2.50 bits per heavy atom. The smallest absolute Gasteiger partial charge is 0.405 e. The van der Waals surface area contributed by atoms with Gasteiger partial charge in [-0.15, -0.1) is 13.2 Å². The predicted molar refractivity (Wildman–Crippen MR) is 57.9 cm³/mol. The van der Waals surface area contributed by atoms with Crippen LogP contribution in [0.5, 0.6) is 5.75 Å². The number of alkyl halides is 4. The monoisotopic (exact) mass is 327 g/mol. The number of nitro groups is 1. The van der Waals surface area contributed by atoms with Gasteiger partial charge in [0, 0.05) is 12.1 Å². The van der Waals surface area contributed by atoms with Crippen molar-refractivity contribution in [1.29, 1.82) is 0 Å². The van der Waals surface area contributed by atoms with Crippen LogP contribution < -0.4 is 4.74 Å². The molecule has 0 radical (unpaired) electrons. The first-order chi connectivity index (χ1) is 8.24. The van der Waals surface area contributed by atoms with Crippen LogP contribution in [0.2, 0.25) is 0 Å². The maximum absolute atomic E-state index is 12.1. The molecule has 1 rings (SSSR count). The zero-order chi connectivity index (χ0) is 13.9. The summed E-state index contributed by atoms with van der Waals surface area (Å²) in [4.78, 5) is 21.0. The van der Waals surface area contributed by atoms with E-state index in [0.717, 1.165) is 18.2 Å². The predicted octanol–water partition coefficient (Wildman–Crippen LogP) is 3.07. The van der Waals surface area contributed by atoms with Crippen molar-refractivity contribution in [3.8, 4) is 5.75 Å². The van der Waals surface area contributed by atoms with Crippen LogP contribution in [0, 0.1) is 10.1 Å². The van der Waals surface area contributed by atoms with Crippen LogP contribution in [0.15, 0.2) is 18.2 Å². The van der Waals surface area contributed by atoms with Crippen molar-refractivity contribution in [2.24, 2.45) is 0 Å². The molecule has 0 aliphatic rings. The highest BCUT2D eigenvalue weighted by Gasteiger charge is 2.33. The number of ether oxygens (including phenoxy) is 1. The van der Waals surface area contributed by atoms with Crippen molar-refractivity contribution >= 4 is 27.4 Å². The number of nitro benzene ring substituents is 1. The molecule has 1 aromatic rings. The minimum atomic E-state index is -4.97. The molecule has 0 N–H and O–H groups in total. The SMILES string of the molecule is O=C(CBr)c1cc([N+](=O)[O-])ccc1OC(F)(F)F. The van der Waals surface area contributed by atoms with Gasteiger partial charge in [-0.05, 0) is 6.07 Å². The number of hydrogen-bond donors (Lipinski definition) is 0. The van der Waals surface area contributed by atoms with Gasteiger partial charge >= 0.3 is 6.36 Å². The minimum Gasteiger partial charge on any atom is -0.405 e. The Labute approximate surface area is 107 Å². The molecule has 5 nitrogen and oxygen atoms in total. The second kappa shape index (κ2) is 5.34. The fraction of sp³-hybridized carbons (Fsp3) is 0.222. The first kappa shape index (κ1) is 14.4. The Hall–Kier alpha value is -1.64. The van der Waals surface area contributed by atoms with Gasteiger partial charge in [0.05, 0.1) is 15.8 Å². The summed E-state index contributed by atoms with van der Waals surface area (Å²) in [7, 11) is 0. The number of carbonyl (C=O) groups excluding carboxylic acids is 1. The Morgan fingerprint density at radius 2 is 2.06 bits per heavy atom. The number of rotatable bonds is 4. The summed E-state index contributed by atoms with van der Waals surface area (Å²) >= 11 is 2.77. The van der Waals surface area contributed by atoms with Crippen LogP contribution in [-0.2, 0) is 0 Å². The van der Waals surface area contributed by atoms with Crippen LogP contribution in [0.25, 0.3) is 0 Å². The van der Waals surface area contributed by atoms with Crippen LogP contribution in [0.3, 0.4) is 0 Å². The molecule has 0 heterocycles. The average molecular weight is 328 g/mol. The summed E-state index contributed by atoms with van der Waals surface area (Å²) in [5.74, 6) is -1.52. The summed E-state index contributed by atoms with van der Waals surface area (Å²) in [6.45, 7) is 0. The molecule has 0 aliphatic heterocycles. The third-order valence-corrected chi connectivity index (χ3v) is 2.33. The van der Waals surface area contributed by atoms with E-state index in [2.05, 4.69) is 20.7 Å². The molecule has 0 bridgehead atoms. The number of ketones is 1. The fourth-order valence-electron chi connectivity index (χ4n) is 1.14. The maximum atomic E-state index is 12.1. The first-order valence-electron chi connectivity index (χ1n) is 4.38. The molecule has 1 aromatic carbocycles. The standard InChI is InChI=1S/C9H5BrF3NO4/c10-4-7(15)6-3-5(14(16)17)1-2-8(6)18-9(11,12)13/h1-3H,4H2. The van der Waals surface area contributed by atoms with Gasteiger partial charge in [0.1, 0.15) is 5.75 Å². The summed E-state index contributed by atoms with van der Waals surface area (Å²) < 4.78 is 39.8. The average Bonchev–Trinajstić information content (AvgIpc) is 2.26. The van der Waals surface area contributed by atoms with E-state index in [9.17, 15) is 28.1 Å². The van der Waals surface area contributed by atoms with E-state index in [1.807, 2.05) is 0 Å². The molecule has 9 heteroatoms. The van der Waals surface area contributed by atoms with Gasteiger partial charge in [-0.3, -0.25) is 14.9 Å². The van der Waals surface area contributed by atoms with E-state index in [-0.39, 0.29) is 5.33 Å². The van der Waals surface area contributed by atoms with Gasteiger partial charge in [-0.1, -0.05) is 15.9 Å². The molecule has 0 aliphatic carbocycles. The van der Waals surface area contributed by atoms with Crippen molar-refractivity contribution in [3.05, 3.63) is 33.9 Å². The maximum Gasteiger partial charge on any atom is 0.573 e. The van der Waals surface area contributed by atoms with Crippen molar-refractivity contribution in [2.75, 3.05) is 5.33 Å². The Morgan fingerprint density at radius 1 is 1.44 bits per heavy atom. The highest BCUT2D eigenvalue weighted by Crippen LogP contribution is 2.30. The summed E-state index contributed by atoms with van der Waals surface area (Å²) in [6.07, 6.45) is -4.97. The van der Waals surface area contributed by atoms with Crippen molar-refractivity contribution < 1.29 is 27.6 Å². The number of hydrogen-bond acceptors (Lipinski definition) is 4. The van der Waals surface area contributed by atoms with Gasteiger partial charge in [0.15, 0.2) is 5.78 Å². The summed E-state index contributed by atoms with van der Waals surface area (Å²) in [5, 5.41) is 10.2. The van der Waals surface area contributed by atoms with Gasteiger partial charge < -0.3 is 4.74 Å². The van der Waals surface area contributed by atoms with Gasteiger partial charge in [-0.25, -0.2) is 0 Å². The number of non-ortho nitro benzene ring substituents is 1. The van der Waals surface area contributed by atoms with Gasteiger partial charge in [0.2, 0.25) is 0 Å². The van der Waals surface area contributed by atoms with Crippen LogP contribution in [-0.4, -0.2) is 22.4 Å². The van der Waals surface area contributed by atoms with E-state index in [0.29, 0.717) is 0 Å². The fourth-order valence-corrected chi connectivity index (χ4v) is 1.44. The van der Waals surface area contributed by atoms with E-state index < -0.39 is 34.1 Å². The number of carbonyl (C=O) groups is 1. The zero-order valence-corrected chi connectivity index (χ0v) is 10.1. The normalized spacial score (nSPS) is 11.1. The van der Waals surface area contributed by atoms with E-state index in [1.54, 1.807) is 0 Å². The molecule has 0 spiro atoms. The lowest BCUT2D eigenvalue weighted by Gasteiger charge is -2.11. The van der Waals surface area contributed by atoms with E-state index in [4.69, 9.17) is 0 Å². The lowest BCUT2D eigenvalue weighted by molar-refractivity contribution is -0.385. The molecule has 0 saturated heterocycles. The second-order valence-corrected chi connectivity index (χ2v) is 3.60. The molecule has 0 fully saturated rings. The molecule has 18 heavy (non-hydrogen) atoms. The largest absolute Gasteiger partial charge is 0.573 e. The number of halogens is 4. The van der Waals surface area contributed by atoms with Crippen molar-refractivity contribution in [1.82, 2.24) is 0 Å². The Kier molecular flexibility index (Phi) is 4.28. The number of Topliss-reactive ketones (excluding diaryl/α,β-unsaturated/α-hetero) is 1. The molecular formula is C9H5BrF3NO4. The quantitative estimate of drug-likeness (QED) is 0.369. The Bertz CT molecular complexity index is 489. The van der Waals surface area contributed by atoms with Crippen molar-refractivity contribution in [2.45, 2.75) is 6.36 Å². The topological polar surface area (TPSA) is 69.4 Å². The molecule has 0 aromatic heterocycles. The first-order valence-corrected chi connectivity index (χ1v) is 5.50. The third-order valence-electron chi connectivity index (χ3n) is 1.82. The molecule has 0 saturated carbocycles. The van der Waals surface area contributed by atoms with Crippen LogP contribution in [0.1, 0.15) is 10.4 Å².